The Hall–Kier alpha value is -2.65. The van der Waals surface area contributed by atoms with Gasteiger partial charge in [0.2, 0.25) is 5.43 Å². The highest BCUT2D eigenvalue weighted by molar-refractivity contribution is 5.97. The number of ether oxygens (including phenoxy) is 1. The van der Waals surface area contributed by atoms with E-state index in [0.29, 0.717) is 36.1 Å². The van der Waals surface area contributed by atoms with E-state index in [-0.39, 0.29) is 17.0 Å². The predicted octanol–water partition coefficient (Wildman–Crippen LogP) is 1.67. The number of hydrogen-bond acceptors (Lipinski definition) is 6. The number of nitrogens with zero attached hydrogens (tertiary/aromatic N) is 3. The molecule has 2 N–H and O–H groups in total. The maximum absolute atomic E-state index is 15.4. The van der Waals surface area contributed by atoms with Crippen molar-refractivity contribution in [3.8, 4) is 5.75 Å². The summed E-state index contributed by atoms with van der Waals surface area (Å²) in [4.78, 5) is 28.9. The summed E-state index contributed by atoms with van der Waals surface area (Å²) in [6.07, 6.45) is 4.11. The second kappa shape index (κ2) is 7.80. The van der Waals surface area contributed by atoms with Gasteiger partial charge in [0.15, 0.2) is 11.6 Å². The number of fused-ring (bicyclic) bond motifs is 1. The first kappa shape index (κ1) is 20.3. The molecule has 31 heavy (non-hydrogen) atoms. The zero-order valence-corrected chi connectivity index (χ0v) is 17.6. The second-order valence-electron chi connectivity index (χ2n) is 8.63. The molecular weight excluding hydrogens is 403 g/mol. The van der Waals surface area contributed by atoms with Gasteiger partial charge in [-0.25, -0.2) is 9.18 Å². The molecule has 9 heteroatoms. The third kappa shape index (κ3) is 3.45. The molecule has 2 saturated heterocycles. The number of piperazine rings is 1. The Morgan fingerprint density at radius 1 is 1.19 bits per heavy atom. The monoisotopic (exact) mass is 430 g/mol. The number of rotatable bonds is 5. The number of halogens is 1. The molecular formula is C22H27FN4O4. The lowest BCUT2D eigenvalue weighted by Crippen LogP contribution is -2.49. The van der Waals surface area contributed by atoms with Crippen LogP contribution in [0.1, 0.15) is 35.7 Å². The molecule has 1 aromatic heterocycles. The van der Waals surface area contributed by atoms with Gasteiger partial charge in [0.1, 0.15) is 11.3 Å². The lowest BCUT2D eigenvalue weighted by atomic mass is 10.1. The van der Waals surface area contributed by atoms with Crippen LogP contribution in [-0.4, -0.2) is 73.0 Å². The van der Waals surface area contributed by atoms with Crippen LogP contribution in [0, 0.1) is 5.82 Å². The molecule has 1 saturated carbocycles. The SMILES string of the molecule is COc1c(N2CCC(N3CCNCC3)C2)c(F)cc2c(=O)c(C(=O)O)cn(C3CC3)c12. The van der Waals surface area contributed by atoms with Crippen LogP contribution in [0.2, 0.25) is 0 Å². The molecule has 1 atom stereocenters. The van der Waals surface area contributed by atoms with Gasteiger partial charge in [-0.2, -0.15) is 0 Å². The Balaban J connectivity index is 1.62. The summed E-state index contributed by atoms with van der Waals surface area (Å²) in [7, 11) is 1.48. The Bertz CT molecular complexity index is 1090. The zero-order chi connectivity index (χ0) is 21.7. The molecule has 2 aliphatic heterocycles. The molecule has 1 aromatic carbocycles. The summed E-state index contributed by atoms with van der Waals surface area (Å²) in [6, 6.07) is 1.64. The summed E-state index contributed by atoms with van der Waals surface area (Å²) in [5, 5.41) is 12.9. The number of pyridine rings is 1. The predicted molar refractivity (Wildman–Crippen MR) is 115 cm³/mol. The van der Waals surface area contributed by atoms with Crippen LogP contribution in [0.5, 0.6) is 5.75 Å². The van der Waals surface area contributed by atoms with E-state index in [1.807, 2.05) is 4.90 Å². The van der Waals surface area contributed by atoms with Gasteiger partial charge in [-0.15, -0.1) is 0 Å². The first-order valence-electron chi connectivity index (χ1n) is 10.9. The molecule has 5 rings (SSSR count). The number of aromatic nitrogens is 1. The quantitative estimate of drug-likeness (QED) is 0.746. The molecule has 0 bridgehead atoms. The maximum atomic E-state index is 15.4. The topological polar surface area (TPSA) is 87.0 Å². The van der Waals surface area contributed by atoms with Crippen LogP contribution in [0.3, 0.4) is 0 Å². The van der Waals surface area contributed by atoms with Crippen LogP contribution in [0.15, 0.2) is 17.1 Å². The van der Waals surface area contributed by atoms with E-state index >= 15 is 4.39 Å². The molecule has 3 fully saturated rings. The molecule has 2 aromatic rings. The molecule has 0 amide bonds. The van der Waals surface area contributed by atoms with Crippen molar-refractivity contribution in [3.63, 3.8) is 0 Å². The third-order valence-electron chi connectivity index (χ3n) is 6.72. The average Bonchev–Trinajstić information content (AvgIpc) is 3.50. The number of methoxy groups -OCH3 is 1. The number of aromatic carboxylic acids is 1. The highest BCUT2D eigenvalue weighted by Gasteiger charge is 2.34. The summed E-state index contributed by atoms with van der Waals surface area (Å²) >= 11 is 0. The first-order valence-corrected chi connectivity index (χ1v) is 10.9. The van der Waals surface area contributed by atoms with Crippen molar-refractivity contribution in [2.45, 2.75) is 31.3 Å². The molecule has 1 aliphatic carbocycles. The fraction of sp³-hybridized carbons (Fsp3) is 0.545. The number of carboxylic acid groups (broad SMARTS) is 1. The fourth-order valence-corrected chi connectivity index (χ4v) is 5.01. The van der Waals surface area contributed by atoms with Gasteiger partial charge < -0.3 is 24.6 Å². The van der Waals surface area contributed by atoms with Crippen molar-refractivity contribution in [1.29, 1.82) is 0 Å². The summed E-state index contributed by atoms with van der Waals surface area (Å²) in [6.45, 7) is 5.28. The zero-order valence-electron chi connectivity index (χ0n) is 17.6. The van der Waals surface area contributed by atoms with Crippen molar-refractivity contribution >= 4 is 22.6 Å². The van der Waals surface area contributed by atoms with Gasteiger partial charge in [-0.1, -0.05) is 0 Å². The average molecular weight is 430 g/mol. The van der Waals surface area contributed by atoms with E-state index in [1.165, 1.54) is 19.4 Å². The van der Waals surface area contributed by atoms with Crippen LogP contribution in [0.4, 0.5) is 10.1 Å². The highest BCUT2D eigenvalue weighted by atomic mass is 19.1. The van der Waals surface area contributed by atoms with Crippen molar-refractivity contribution in [2.75, 3.05) is 51.3 Å². The molecule has 1 unspecified atom stereocenters. The van der Waals surface area contributed by atoms with E-state index in [9.17, 15) is 14.7 Å². The Morgan fingerprint density at radius 2 is 1.94 bits per heavy atom. The third-order valence-corrected chi connectivity index (χ3v) is 6.72. The van der Waals surface area contributed by atoms with Crippen molar-refractivity contribution in [1.82, 2.24) is 14.8 Å². The molecule has 8 nitrogen and oxygen atoms in total. The van der Waals surface area contributed by atoms with Crippen LogP contribution < -0.4 is 20.4 Å². The smallest absolute Gasteiger partial charge is 0.341 e. The minimum atomic E-state index is -1.30. The number of anilines is 1. The minimum Gasteiger partial charge on any atom is -0.492 e. The van der Waals surface area contributed by atoms with Gasteiger partial charge >= 0.3 is 5.97 Å². The normalized spacial score (nSPS) is 22.3. The Kier molecular flexibility index (Phi) is 5.10. The van der Waals surface area contributed by atoms with E-state index < -0.39 is 17.2 Å². The largest absolute Gasteiger partial charge is 0.492 e. The van der Waals surface area contributed by atoms with Crippen molar-refractivity contribution in [3.05, 3.63) is 33.9 Å². The second-order valence-corrected chi connectivity index (χ2v) is 8.63. The lowest BCUT2D eigenvalue weighted by Gasteiger charge is -2.33. The number of benzene rings is 1. The number of nitrogens with one attached hydrogen (secondary N) is 1. The molecule has 3 aliphatic rings. The van der Waals surface area contributed by atoms with Gasteiger partial charge in [-0.05, 0) is 25.3 Å². The van der Waals surface area contributed by atoms with Gasteiger partial charge in [0, 0.05) is 57.5 Å². The summed E-state index contributed by atoms with van der Waals surface area (Å²) in [5.74, 6) is -1.53. The number of hydrogen-bond donors (Lipinski definition) is 2. The minimum absolute atomic E-state index is 0.0581. The number of carboxylic acids is 1. The van der Waals surface area contributed by atoms with E-state index in [4.69, 9.17) is 4.74 Å². The molecule has 166 valence electrons. The van der Waals surface area contributed by atoms with E-state index in [1.54, 1.807) is 4.57 Å². The van der Waals surface area contributed by atoms with Crippen LogP contribution >= 0.6 is 0 Å². The first-order chi connectivity index (χ1) is 15.0. The Labute approximate surface area is 179 Å². The summed E-state index contributed by atoms with van der Waals surface area (Å²) < 4.78 is 22.9. The molecule has 3 heterocycles. The Morgan fingerprint density at radius 3 is 2.58 bits per heavy atom. The van der Waals surface area contributed by atoms with Crippen molar-refractivity contribution in [2.24, 2.45) is 0 Å². The van der Waals surface area contributed by atoms with Crippen molar-refractivity contribution < 1.29 is 19.0 Å². The van der Waals surface area contributed by atoms with Crippen LogP contribution in [0.25, 0.3) is 10.9 Å². The van der Waals surface area contributed by atoms with Gasteiger partial charge in [-0.3, -0.25) is 9.69 Å². The summed E-state index contributed by atoms with van der Waals surface area (Å²) in [5.41, 5.74) is -0.164. The maximum Gasteiger partial charge on any atom is 0.341 e. The van der Waals surface area contributed by atoms with Crippen LogP contribution in [-0.2, 0) is 0 Å². The molecule has 0 radical (unpaired) electrons. The molecule has 0 spiro atoms. The van der Waals surface area contributed by atoms with Gasteiger partial charge in [0.05, 0.1) is 18.0 Å². The standard InChI is InChI=1S/C22H27FN4O4/c1-31-21-18-15(20(28)16(22(29)30)12-27(18)13-2-3-13)10-17(23)19(21)26-7-4-14(11-26)25-8-5-24-6-9-25/h10,12-14,24H,2-9,11H2,1H3,(H,29,30). The fourth-order valence-electron chi connectivity index (χ4n) is 5.01. The van der Waals surface area contributed by atoms with Gasteiger partial charge in [0.25, 0.3) is 0 Å². The highest BCUT2D eigenvalue weighted by Crippen LogP contribution is 2.44. The lowest BCUT2D eigenvalue weighted by molar-refractivity contribution is 0.0695. The number of carbonyl (C=O) groups is 1. The van der Waals surface area contributed by atoms with E-state index in [2.05, 4.69) is 10.2 Å². The van der Waals surface area contributed by atoms with E-state index in [0.717, 1.165) is 45.4 Å².